The summed E-state index contributed by atoms with van der Waals surface area (Å²) in [4.78, 5) is 13.5. The summed E-state index contributed by atoms with van der Waals surface area (Å²) in [6.07, 6.45) is 4.95. The second kappa shape index (κ2) is 2.00. The molecule has 5 nitrogen and oxygen atoms in total. The van der Waals surface area contributed by atoms with Crippen LogP contribution in [-0.2, 0) is 6.54 Å². The minimum Gasteiger partial charge on any atom is -0.312 e. The highest BCUT2D eigenvalue weighted by molar-refractivity contribution is 5.28. The first kappa shape index (κ1) is 6.23. The van der Waals surface area contributed by atoms with E-state index in [0.717, 1.165) is 5.69 Å². The van der Waals surface area contributed by atoms with Gasteiger partial charge in [0.1, 0.15) is 0 Å². The van der Waals surface area contributed by atoms with E-state index in [1.165, 1.54) is 9.58 Å². The fraction of sp³-hybridized carbons (Fsp3) is 0.167. The Kier molecular flexibility index (Phi) is 1.13. The number of aromatic amines is 1. The van der Waals surface area contributed by atoms with Gasteiger partial charge in [-0.3, -0.25) is 4.57 Å². The average molecular weight is 152 g/mol. The summed E-state index contributed by atoms with van der Waals surface area (Å²) < 4.78 is 1.53. The lowest BCUT2D eigenvalue weighted by Gasteiger charge is -2.17. The van der Waals surface area contributed by atoms with Crippen molar-refractivity contribution in [2.75, 3.05) is 0 Å². The third-order valence-corrected chi connectivity index (χ3v) is 1.64. The van der Waals surface area contributed by atoms with Gasteiger partial charge in [-0.15, -0.1) is 0 Å². The van der Waals surface area contributed by atoms with Crippen LogP contribution in [0.4, 0.5) is 0 Å². The van der Waals surface area contributed by atoms with Crippen molar-refractivity contribution < 1.29 is 0 Å². The molecule has 0 saturated carbocycles. The van der Waals surface area contributed by atoms with E-state index in [9.17, 15) is 4.79 Å². The molecule has 0 bridgehead atoms. The van der Waals surface area contributed by atoms with E-state index in [1.54, 1.807) is 18.6 Å². The van der Waals surface area contributed by atoms with Crippen molar-refractivity contribution >= 4 is 6.20 Å². The molecule has 3 N–H and O–H groups in total. The second-order valence-corrected chi connectivity index (χ2v) is 2.43. The molecule has 1 aliphatic rings. The van der Waals surface area contributed by atoms with Gasteiger partial charge in [-0.1, -0.05) is 0 Å². The smallest absolute Gasteiger partial charge is 0.312 e. The minimum atomic E-state index is -0.121. The molecule has 0 atom stereocenters. The number of hydrogen-bond donors (Lipinski definition) is 2. The van der Waals surface area contributed by atoms with Gasteiger partial charge in [-0.2, -0.15) is 0 Å². The number of H-pyrrole nitrogens is 1. The number of hydrogen-bond acceptors (Lipinski definition) is 3. The van der Waals surface area contributed by atoms with Gasteiger partial charge in [-0.05, 0) is 0 Å². The number of nitrogens with zero attached hydrogens (tertiary/aromatic N) is 2. The molecule has 0 amide bonds. The third-order valence-electron chi connectivity index (χ3n) is 1.64. The summed E-state index contributed by atoms with van der Waals surface area (Å²) in [6, 6.07) is 0. The van der Waals surface area contributed by atoms with Gasteiger partial charge in [0, 0.05) is 18.6 Å². The van der Waals surface area contributed by atoms with E-state index in [-0.39, 0.29) is 5.69 Å². The van der Waals surface area contributed by atoms with E-state index in [2.05, 4.69) is 4.98 Å². The Hall–Kier alpha value is -1.49. The Morgan fingerprint density at radius 3 is 3.18 bits per heavy atom. The molecule has 2 heterocycles. The molecule has 0 fully saturated rings. The fourth-order valence-electron chi connectivity index (χ4n) is 1.09. The highest BCUT2D eigenvalue weighted by atomic mass is 16.1. The van der Waals surface area contributed by atoms with Gasteiger partial charge in [-0.25, -0.2) is 10.6 Å². The fourth-order valence-corrected chi connectivity index (χ4v) is 1.09. The highest BCUT2D eigenvalue weighted by Gasteiger charge is 2.08. The van der Waals surface area contributed by atoms with Gasteiger partial charge in [0.15, 0.2) is 0 Å². The number of hydrazine groups is 1. The van der Waals surface area contributed by atoms with Crippen molar-refractivity contribution in [2.24, 2.45) is 5.84 Å². The summed E-state index contributed by atoms with van der Waals surface area (Å²) in [5, 5.41) is 1.52. The molecular formula is C6H8N4O. The van der Waals surface area contributed by atoms with Crippen LogP contribution in [0.3, 0.4) is 0 Å². The van der Waals surface area contributed by atoms with Crippen molar-refractivity contribution in [1.82, 2.24) is 14.6 Å². The SMILES string of the molecule is NN1C=Cn2c(c[nH]c2=O)C1. The zero-order valence-corrected chi connectivity index (χ0v) is 5.82. The van der Waals surface area contributed by atoms with Crippen LogP contribution < -0.4 is 11.5 Å². The number of nitrogens with two attached hydrogens (primary N) is 1. The second-order valence-electron chi connectivity index (χ2n) is 2.43. The monoisotopic (exact) mass is 152 g/mol. The van der Waals surface area contributed by atoms with E-state index >= 15 is 0 Å². The molecule has 0 radical (unpaired) electrons. The van der Waals surface area contributed by atoms with Gasteiger partial charge in [0.2, 0.25) is 0 Å². The summed E-state index contributed by atoms with van der Waals surface area (Å²) in [6.45, 7) is 0.565. The zero-order chi connectivity index (χ0) is 7.84. The van der Waals surface area contributed by atoms with Crippen molar-refractivity contribution in [3.8, 4) is 0 Å². The van der Waals surface area contributed by atoms with E-state index in [4.69, 9.17) is 5.84 Å². The van der Waals surface area contributed by atoms with Crippen molar-refractivity contribution in [3.63, 3.8) is 0 Å². The van der Waals surface area contributed by atoms with E-state index < -0.39 is 0 Å². The van der Waals surface area contributed by atoms with Crippen LogP contribution in [0, 0.1) is 0 Å². The van der Waals surface area contributed by atoms with Crippen LogP contribution in [0.15, 0.2) is 17.2 Å². The number of fused-ring (bicyclic) bond motifs is 1. The molecule has 1 aliphatic heterocycles. The standard InChI is InChI=1S/C6H8N4O/c7-9-1-2-10-5(4-9)3-8-6(10)11/h1-3H,4,7H2,(H,8,11). The molecule has 11 heavy (non-hydrogen) atoms. The molecule has 0 saturated heterocycles. The van der Waals surface area contributed by atoms with Gasteiger partial charge < -0.3 is 9.99 Å². The Balaban J connectivity index is 2.57. The van der Waals surface area contributed by atoms with Crippen LogP contribution in [0.25, 0.3) is 6.20 Å². The first-order valence-electron chi connectivity index (χ1n) is 3.26. The zero-order valence-electron chi connectivity index (χ0n) is 5.82. The topological polar surface area (TPSA) is 67.0 Å². The van der Waals surface area contributed by atoms with Crippen LogP contribution in [0.1, 0.15) is 5.69 Å². The number of imidazole rings is 1. The molecule has 0 aromatic carbocycles. The van der Waals surface area contributed by atoms with Crippen molar-refractivity contribution in [2.45, 2.75) is 6.54 Å². The summed E-state index contributed by atoms with van der Waals surface area (Å²) in [5.41, 5.74) is 0.754. The van der Waals surface area contributed by atoms with Crippen LogP contribution >= 0.6 is 0 Å². The molecule has 0 aliphatic carbocycles. The molecule has 58 valence electrons. The Morgan fingerprint density at radius 2 is 2.36 bits per heavy atom. The lowest BCUT2D eigenvalue weighted by atomic mass is 10.4. The molecule has 5 heteroatoms. The van der Waals surface area contributed by atoms with Gasteiger partial charge >= 0.3 is 5.69 Å². The predicted molar refractivity (Wildman–Crippen MR) is 40.1 cm³/mol. The van der Waals surface area contributed by atoms with Crippen LogP contribution in [0.5, 0.6) is 0 Å². The summed E-state index contributed by atoms with van der Waals surface area (Å²) >= 11 is 0. The van der Waals surface area contributed by atoms with E-state index in [1.807, 2.05) is 0 Å². The van der Waals surface area contributed by atoms with Gasteiger partial charge in [0.25, 0.3) is 0 Å². The van der Waals surface area contributed by atoms with E-state index in [0.29, 0.717) is 6.54 Å². The lowest BCUT2D eigenvalue weighted by molar-refractivity contribution is 0.371. The summed E-state index contributed by atoms with van der Waals surface area (Å²) in [5.74, 6) is 5.48. The van der Waals surface area contributed by atoms with Gasteiger partial charge in [0.05, 0.1) is 12.2 Å². The van der Waals surface area contributed by atoms with Crippen LogP contribution in [0.2, 0.25) is 0 Å². The first-order valence-corrected chi connectivity index (χ1v) is 3.26. The molecule has 0 unspecified atom stereocenters. The predicted octanol–water partition coefficient (Wildman–Crippen LogP) is -0.706. The summed E-state index contributed by atoms with van der Waals surface area (Å²) in [7, 11) is 0. The average Bonchev–Trinajstić information content (AvgIpc) is 2.32. The molecule has 0 spiro atoms. The quantitative estimate of drug-likeness (QED) is 0.483. The maximum Gasteiger partial charge on any atom is 0.329 e. The number of rotatable bonds is 0. The van der Waals surface area contributed by atoms with Crippen molar-refractivity contribution in [1.29, 1.82) is 0 Å². The number of aromatic nitrogens is 2. The minimum absolute atomic E-state index is 0.121. The number of nitrogens with one attached hydrogen (secondary N) is 1. The lowest BCUT2D eigenvalue weighted by Crippen LogP contribution is -2.30. The Morgan fingerprint density at radius 1 is 1.55 bits per heavy atom. The molecule has 1 aromatic heterocycles. The third kappa shape index (κ3) is 0.857. The maximum absolute atomic E-state index is 11.0. The first-order chi connectivity index (χ1) is 5.27. The molecular weight excluding hydrogens is 144 g/mol. The Bertz CT molecular complexity index is 348. The normalized spacial score (nSPS) is 15.2. The van der Waals surface area contributed by atoms with Crippen molar-refractivity contribution in [3.05, 3.63) is 28.6 Å². The molecule has 2 rings (SSSR count). The molecule has 1 aromatic rings. The maximum atomic E-state index is 11.0. The Labute approximate surface area is 62.7 Å². The van der Waals surface area contributed by atoms with Crippen LogP contribution in [-0.4, -0.2) is 14.6 Å². The highest BCUT2D eigenvalue weighted by Crippen LogP contribution is 2.04. The largest absolute Gasteiger partial charge is 0.329 e.